The van der Waals surface area contributed by atoms with Crippen molar-refractivity contribution in [3.05, 3.63) is 65.7 Å². The van der Waals surface area contributed by atoms with E-state index in [2.05, 4.69) is 5.32 Å². The van der Waals surface area contributed by atoms with Crippen LogP contribution in [0, 0.1) is 11.6 Å². The van der Waals surface area contributed by atoms with Crippen molar-refractivity contribution in [1.29, 1.82) is 0 Å². The number of para-hydroxylation sites is 1. The largest absolute Gasteiger partial charge is 0.481 e. The standard InChI is InChI=1S/C21H24F2N2O3/c1-3-12-24-21(27)15(2)25(13-16-8-4-5-9-17(16)22)20(26)14-28-19-11-7-6-10-18(19)23/h4-11,15H,3,12-14H2,1-2H3,(H,24,27). The van der Waals surface area contributed by atoms with E-state index in [0.717, 1.165) is 6.42 Å². The molecule has 2 amide bonds. The number of halogens is 2. The van der Waals surface area contributed by atoms with Crippen LogP contribution in [0.4, 0.5) is 8.78 Å². The fourth-order valence-corrected chi connectivity index (χ4v) is 2.57. The molecule has 0 radical (unpaired) electrons. The Kier molecular flexibility index (Phi) is 7.92. The molecule has 2 aromatic rings. The van der Waals surface area contributed by atoms with Gasteiger partial charge in [0.2, 0.25) is 5.91 Å². The summed E-state index contributed by atoms with van der Waals surface area (Å²) >= 11 is 0. The number of hydrogen-bond acceptors (Lipinski definition) is 3. The van der Waals surface area contributed by atoms with Gasteiger partial charge in [-0.1, -0.05) is 37.3 Å². The number of benzene rings is 2. The smallest absolute Gasteiger partial charge is 0.261 e. The zero-order chi connectivity index (χ0) is 20.5. The van der Waals surface area contributed by atoms with Gasteiger partial charge in [-0.15, -0.1) is 0 Å². The molecule has 28 heavy (non-hydrogen) atoms. The van der Waals surface area contributed by atoms with Gasteiger partial charge in [0.25, 0.3) is 5.91 Å². The highest BCUT2D eigenvalue weighted by Crippen LogP contribution is 2.17. The SMILES string of the molecule is CCCNC(=O)C(C)N(Cc1ccccc1F)C(=O)COc1ccccc1F. The van der Waals surface area contributed by atoms with Crippen LogP contribution < -0.4 is 10.1 Å². The molecule has 0 saturated heterocycles. The molecule has 2 aromatic carbocycles. The van der Waals surface area contributed by atoms with Gasteiger partial charge in [-0.25, -0.2) is 8.78 Å². The van der Waals surface area contributed by atoms with E-state index in [1.807, 2.05) is 6.92 Å². The summed E-state index contributed by atoms with van der Waals surface area (Å²) in [4.78, 5) is 26.3. The minimum absolute atomic E-state index is 0.0650. The summed E-state index contributed by atoms with van der Waals surface area (Å²) in [6.07, 6.45) is 0.746. The number of carbonyl (C=O) groups excluding carboxylic acids is 2. The first-order valence-corrected chi connectivity index (χ1v) is 9.12. The lowest BCUT2D eigenvalue weighted by Crippen LogP contribution is -2.49. The van der Waals surface area contributed by atoms with Gasteiger partial charge in [-0.05, 0) is 31.5 Å². The second-order valence-electron chi connectivity index (χ2n) is 6.30. The number of ether oxygens (including phenoxy) is 1. The first kappa shape index (κ1) is 21.3. The molecule has 0 spiro atoms. The Morgan fingerprint density at radius 3 is 2.36 bits per heavy atom. The fraction of sp³-hybridized carbons (Fsp3) is 0.333. The van der Waals surface area contributed by atoms with Crippen LogP contribution in [0.2, 0.25) is 0 Å². The minimum Gasteiger partial charge on any atom is -0.481 e. The van der Waals surface area contributed by atoms with E-state index in [0.29, 0.717) is 6.54 Å². The van der Waals surface area contributed by atoms with Crippen LogP contribution in [0.1, 0.15) is 25.8 Å². The fourth-order valence-electron chi connectivity index (χ4n) is 2.57. The molecule has 0 aliphatic heterocycles. The van der Waals surface area contributed by atoms with E-state index in [1.165, 1.54) is 29.2 Å². The van der Waals surface area contributed by atoms with E-state index < -0.39 is 30.2 Å². The third kappa shape index (κ3) is 5.77. The predicted octanol–water partition coefficient (Wildman–Crippen LogP) is 3.29. The van der Waals surface area contributed by atoms with Gasteiger partial charge in [-0.3, -0.25) is 9.59 Å². The van der Waals surface area contributed by atoms with Crippen molar-refractivity contribution in [3.8, 4) is 5.75 Å². The second kappa shape index (κ2) is 10.4. The average Bonchev–Trinajstić information content (AvgIpc) is 2.70. The number of rotatable bonds is 9. The molecule has 1 atom stereocenters. The molecule has 0 saturated carbocycles. The van der Waals surface area contributed by atoms with Crippen molar-refractivity contribution in [3.63, 3.8) is 0 Å². The van der Waals surface area contributed by atoms with Crippen molar-refractivity contribution in [2.24, 2.45) is 0 Å². The molecular formula is C21H24F2N2O3. The molecule has 150 valence electrons. The van der Waals surface area contributed by atoms with Gasteiger partial charge in [0.1, 0.15) is 11.9 Å². The first-order chi connectivity index (χ1) is 13.4. The molecule has 0 fully saturated rings. The van der Waals surface area contributed by atoms with Crippen LogP contribution >= 0.6 is 0 Å². The molecule has 1 unspecified atom stereocenters. The van der Waals surface area contributed by atoms with Crippen molar-refractivity contribution in [2.75, 3.05) is 13.2 Å². The number of nitrogens with zero attached hydrogens (tertiary/aromatic N) is 1. The summed E-state index contributed by atoms with van der Waals surface area (Å²) in [6.45, 7) is 3.37. The monoisotopic (exact) mass is 390 g/mol. The van der Waals surface area contributed by atoms with Crippen molar-refractivity contribution in [1.82, 2.24) is 10.2 Å². The molecule has 2 rings (SSSR count). The van der Waals surface area contributed by atoms with Gasteiger partial charge in [0, 0.05) is 18.7 Å². The summed E-state index contributed by atoms with van der Waals surface area (Å²) in [5.74, 6) is -2.03. The molecule has 0 heterocycles. The van der Waals surface area contributed by atoms with Crippen LogP contribution in [0.15, 0.2) is 48.5 Å². The number of amides is 2. The zero-order valence-electron chi connectivity index (χ0n) is 16.0. The van der Waals surface area contributed by atoms with Crippen molar-refractivity contribution < 1.29 is 23.1 Å². The lowest BCUT2D eigenvalue weighted by Gasteiger charge is -2.28. The van der Waals surface area contributed by atoms with E-state index in [9.17, 15) is 18.4 Å². The average molecular weight is 390 g/mol. The molecule has 1 N–H and O–H groups in total. The van der Waals surface area contributed by atoms with E-state index >= 15 is 0 Å². The number of carbonyl (C=O) groups is 2. The summed E-state index contributed by atoms with van der Waals surface area (Å²) in [7, 11) is 0. The van der Waals surface area contributed by atoms with Crippen LogP contribution in [0.5, 0.6) is 5.75 Å². The second-order valence-corrected chi connectivity index (χ2v) is 6.30. The van der Waals surface area contributed by atoms with Crippen LogP contribution in [-0.2, 0) is 16.1 Å². The molecule has 0 bridgehead atoms. The van der Waals surface area contributed by atoms with Gasteiger partial charge >= 0.3 is 0 Å². The van der Waals surface area contributed by atoms with Crippen LogP contribution in [-0.4, -0.2) is 35.9 Å². The lowest BCUT2D eigenvalue weighted by atomic mass is 10.1. The Bertz CT molecular complexity index is 814. The van der Waals surface area contributed by atoms with E-state index in [-0.39, 0.29) is 23.8 Å². The molecule has 0 aliphatic carbocycles. The Labute approximate surface area is 163 Å². The normalized spacial score (nSPS) is 11.6. The summed E-state index contributed by atoms with van der Waals surface area (Å²) in [6, 6.07) is 10.9. The Morgan fingerprint density at radius 2 is 1.71 bits per heavy atom. The quantitative estimate of drug-likeness (QED) is 0.715. The van der Waals surface area contributed by atoms with E-state index in [4.69, 9.17) is 4.74 Å². The maximum atomic E-state index is 14.1. The molecule has 5 nitrogen and oxygen atoms in total. The summed E-state index contributed by atoms with van der Waals surface area (Å²) in [5, 5.41) is 2.72. The van der Waals surface area contributed by atoms with Crippen LogP contribution in [0.25, 0.3) is 0 Å². The van der Waals surface area contributed by atoms with Crippen molar-refractivity contribution >= 4 is 11.8 Å². The summed E-state index contributed by atoms with van der Waals surface area (Å²) < 4.78 is 33.0. The van der Waals surface area contributed by atoms with Crippen LogP contribution in [0.3, 0.4) is 0 Å². The maximum absolute atomic E-state index is 14.1. The highest BCUT2D eigenvalue weighted by molar-refractivity contribution is 5.87. The van der Waals surface area contributed by atoms with Gasteiger partial charge in [0.05, 0.1) is 0 Å². The third-order valence-electron chi connectivity index (χ3n) is 4.20. The summed E-state index contributed by atoms with van der Waals surface area (Å²) in [5.41, 5.74) is 0.275. The minimum atomic E-state index is -0.845. The topological polar surface area (TPSA) is 58.6 Å². The number of hydrogen-bond donors (Lipinski definition) is 1. The Balaban J connectivity index is 2.16. The zero-order valence-corrected chi connectivity index (χ0v) is 16.0. The highest BCUT2D eigenvalue weighted by Gasteiger charge is 2.27. The highest BCUT2D eigenvalue weighted by atomic mass is 19.1. The maximum Gasteiger partial charge on any atom is 0.261 e. The number of nitrogens with one attached hydrogen (secondary N) is 1. The lowest BCUT2D eigenvalue weighted by molar-refractivity contribution is -0.142. The van der Waals surface area contributed by atoms with E-state index in [1.54, 1.807) is 31.2 Å². The molecule has 7 heteroatoms. The van der Waals surface area contributed by atoms with Crippen molar-refractivity contribution in [2.45, 2.75) is 32.9 Å². The predicted molar refractivity (Wildman–Crippen MR) is 102 cm³/mol. The molecule has 0 aliphatic rings. The Morgan fingerprint density at radius 1 is 1.07 bits per heavy atom. The first-order valence-electron chi connectivity index (χ1n) is 9.12. The molecule has 0 aromatic heterocycles. The van der Waals surface area contributed by atoms with Gasteiger partial charge in [-0.2, -0.15) is 0 Å². The third-order valence-corrected chi connectivity index (χ3v) is 4.20. The van der Waals surface area contributed by atoms with Gasteiger partial charge in [0.15, 0.2) is 18.2 Å². The Hall–Kier alpha value is -2.96. The molecular weight excluding hydrogens is 366 g/mol. The van der Waals surface area contributed by atoms with Gasteiger partial charge < -0.3 is 15.0 Å².